The Morgan fingerprint density at radius 2 is 1.95 bits per heavy atom. The summed E-state index contributed by atoms with van der Waals surface area (Å²) in [4.78, 5) is 13.7. The van der Waals surface area contributed by atoms with Crippen molar-refractivity contribution in [3.63, 3.8) is 0 Å². The molecular weight excluding hydrogens is 354 g/mol. The molecule has 0 heterocycles. The Hall–Kier alpha value is -1.52. The first-order valence-corrected chi connectivity index (χ1v) is 7.58. The molecule has 0 N–H and O–H groups in total. The fraction of sp³-hybridized carbons (Fsp3) is 0.188. The Balaban J connectivity index is 1.86. The van der Waals surface area contributed by atoms with E-state index in [9.17, 15) is 4.79 Å². The molecule has 0 unspecified atom stereocenters. The van der Waals surface area contributed by atoms with E-state index >= 15 is 0 Å². The smallest absolute Gasteiger partial charge is 0.260 e. The van der Waals surface area contributed by atoms with Crippen LogP contribution in [-0.2, 0) is 11.3 Å². The normalized spacial score (nSPS) is 10.2. The number of likely N-dealkylation sites (N-methyl/N-ethyl adjacent to an activating group) is 1. The molecule has 0 atom stereocenters. The summed E-state index contributed by atoms with van der Waals surface area (Å²) in [5, 5.41) is 0.686. The van der Waals surface area contributed by atoms with Gasteiger partial charge >= 0.3 is 0 Å². The van der Waals surface area contributed by atoms with Crippen molar-refractivity contribution in [1.82, 2.24) is 4.90 Å². The maximum atomic E-state index is 12.0. The molecule has 0 saturated carbocycles. The minimum Gasteiger partial charge on any atom is -0.484 e. The highest BCUT2D eigenvalue weighted by Gasteiger charge is 2.10. The van der Waals surface area contributed by atoms with Gasteiger partial charge < -0.3 is 9.64 Å². The van der Waals surface area contributed by atoms with Crippen LogP contribution in [0.15, 0.2) is 53.0 Å². The largest absolute Gasteiger partial charge is 0.484 e. The van der Waals surface area contributed by atoms with Crippen molar-refractivity contribution >= 4 is 33.4 Å². The van der Waals surface area contributed by atoms with Gasteiger partial charge in [-0.15, -0.1) is 0 Å². The summed E-state index contributed by atoms with van der Waals surface area (Å²) in [5.41, 5.74) is 1.03. The third-order valence-electron chi connectivity index (χ3n) is 2.92. The molecule has 21 heavy (non-hydrogen) atoms. The minimum atomic E-state index is -0.0788. The van der Waals surface area contributed by atoms with E-state index in [2.05, 4.69) is 15.9 Å². The molecule has 0 radical (unpaired) electrons. The van der Waals surface area contributed by atoms with Crippen LogP contribution in [0, 0.1) is 0 Å². The van der Waals surface area contributed by atoms with Gasteiger partial charge in [0.1, 0.15) is 5.75 Å². The number of hydrogen-bond donors (Lipinski definition) is 0. The summed E-state index contributed by atoms with van der Waals surface area (Å²) < 4.78 is 6.40. The number of carbonyl (C=O) groups excluding carboxylic acids is 1. The second-order valence-corrected chi connectivity index (χ2v) is 5.97. The molecule has 0 aliphatic heterocycles. The molecule has 0 aromatic heterocycles. The SMILES string of the molecule is CN(Cc1ccc(Cl)cc1)C(=O)COc1cccc(Br)c1. The molecule has 3 nitrogen and oxygen atoms in total. The lowest BCUT2D eigenvalue weighted by molar-refractivity contribution is -0.132. The number of carbonyl (C=O) groups is 1. The number of hydrogen-bond acceptors (Lipinski definition) is 2. The molecule has 0 bridgehead atoms. The predicted octanol–water partition coefficient (Wildman–Crippen LogP) is 4.14. The zero-order valence-corrected chi connectivity index (χ0v) is 13.9. The molecule has 2 aromatic rings. The molecule has 2 rings (SSSR count). The van der Waals surface area contributed by atoms with Crippen LogP contribution in [0.2, 0.25) is 5.02 Å². The fourth-order valence-corrected chi connectivity index (χ4v) is 2.27. The van der Waals surface area contributed by atoms with Crippen LogP contribution in [0.5, 0.6) is 5.75 Å². The molecule has 5 heteroatoms. The van der Waals surface area contributed by atoms with Crippen LogP contribution >= 0.6 is 27.5 Å². The van der Waals surface area contributed by atoms with Crippen molar-refractivity contribution in [2.24, 2.45) is 0 Å². The lowest BCUT2D eigenvalue weighted by Gasteiger charge is -2.17. The maximum Gasteiger partial charge on any atom is 0.260 e. The standard InChI is InChI=1S/C16H15BrClNO2/c1-19(10-12-5-7-14(18)8-6-12)16(20)11-21-15-4-2-3-13(17)9-15/h2-9H,10-11H2,1H3. The van der Waals surface area contributed by atoms with Crippen LogP contribution in [0.4, 0.5) is 0 Å². The Labute approximate surface area is 137 Å². The Bertz CT molecular complexity index is 616. The fourth-order valence-electron chi connectivity index (χ4n) is 1.76. The molecule has 0 aliphatic rings. The summed E-state index contributed by atoms with van der Waals surface area (Å²) >= 11 is 9.20. The Morgan fingerprint density at radius 1 is 1.24 bits per heavy atom. The molecule has 0 spiro atoms. The molecule has 1 amide bonds. The summed E-state index contributed by atoms with van der Waals surface area (Å²) in [6.45, 7) is 0.540. The average Bonchev–Trinajstić information content (AvgIpc) is 2.47. The number of benzene rings is 2. The third-order valence-corrected chi connectivity index (χ3v) is 3.66. The van der Waals surface area contributed by atoms with Gasteiger partial charge in [0.15, 0.2) is 6.61 Å². The van der Waals surface area contributed by atoms with Gasteiger partial charge in [-0.1, -0.05) is 45.7 Å². The lowest BCUT2D eigenvalue weighted by atomic mass is 10.2. The van der Waals surface area contributed by atoms with E-state index in [1.165, 1.54) is 0 Å². The number of amides is 1. The van der Waals surface area contributed by atoms with Crippen molar-refractivity contribution in [2.45, 2.75) is 6.54 Å². The van der Waals surface area contributed by atoms with Crippen LogP contribution in [-0.4, -0.2) is 24.5 Å². The van der Waals surface area contributed by atoms with Gasteiger partial charge in [0, 0.05) is 23.1 Å². The lowest BCUT2D eigenvalue weighted by Crippen LogP contribution is -2.30. The van der Waals surface area contributed by atoms with Gasteiger partial charge in [0.05, 0.1) is 0 Å². The van der Waals surface area contributed by atoms with Gasteiger partial charge in [-0.3, -0.25) is 4.79 Å². The average molecular weight is 369 g/mol. The highest BCUT2D eigenvalue weighted by Crippen LogP contribution is 2.17. The van der Waals surface area contributed by atoms with Crippen molar-refractivity contribution in [3.05, 3.63) is 63.6 Å². The van der Waals surface area contributed by atoms with E-state index < -0.39 is 0 Å². The van der Waals surface area contributed by atoms with Crippen molar-refractivity contribution in [1.29, 1.82) is 0 Å². The number of halogens is 2. The molecular formula is C16H15BrClNO2. The summed E-state index contributed by atoms with van der Waals surface area (Å²) in [6.07, 6.45) is 0. The zero-order chi connectivity index (χ0) is 15.2. The van der Waals surface area contributed by atoms with E-state index in [-0.39, 0.29) is 12.5 Å². The van der Waals surface area contributed by atoms with E-state index in [1.54, 1.807) is 11.9 Å². The van der Waals surface area contributed by atoms with E-state index in [1.807, 2.05) is 48.5 Å². The number of rotatable bonds is 5. The molecule has 0 aliphatic carbocycles. The van der Waals surface area contributed by atoms with Crippen molar-refractivity contribution in [2.75, 3.05) is 13.7 Å². The molecule has 2 aromatic carbocycles. The summed E-state index contributed by atoms with van der Waals surface area (Å²) in [5.74, 6) is 0.586. The Kier molecular flexibility index (Phi) is 5.65. The van der Waals surface area contributed by atoms with E-state index in [0.717, 1.165) is 10.0 Å². The summed E-state index contributed by atoms with van der Waals surface area (Å²) in [7, 11) is 1.75. The van der Waals surface area contributed by atoms with Crippen LogP contribution < -0.4 is 4.74 Å². The summed E-state index contributed by atoms with van der Waals surface area (Å²) in [6, 6.07) is 14.8. The first kappa shape index (κ1) is 15.9. The van der Waals surface area contributed by atoms with Gasteiger partial charge in [0.25, 0.3) is 5.91 Å². The first-order chi connectivity index (χ1) is 10.0. The molecule has 110 valence electrons. The topological polar surface area (TPSA) is 29.5 Å². The second kappa shape index (κ2) is 7.48. The van der Waals surface area contributed by atoms with Gasteiger partial charge in [-0.25, -0.2) is 0 Å². The van der Waals surface area contributed by atoms with Gasteiger partial charge in [0.2, 0.25) is 0 Å². The van der Waals surface area contributed by atoms with Crippen LogP contribution in [0.25, 0.3) is 0 Å². The minimum absolute atomic E-state index is 0.0144. The van der Waals surface area contributed by atoms with Crippen molar-refractivity contribution < 1.29 is 9.53 Å². The third kappa shape index (κ3) is 5.06. The van der Waals surface area contributed by atoms with Gasteiger partial charge in [-0.05, 0) is 35.9 Å². The van der Waals surface area contributed by atoms with Gasteiger partial charge in [-0.2, -0.15) is 0 Å². The Morgan fingerprint density at radius 3 is 2.62 bits per heavy atom. The quantitative estimate of drug-likeness (QED) is 0.794. The monoisotopic (exact) mass is 367 g/mol. The van der Waals surface area contributed by atoms with E-state index in [0.29, 0.717) is 17.3 Å². The predicted molar refractivity (Wildman–Crippen MR) is 87.6 cm³/mol. The van der Waals surface area contributed by atoms with E-state index in [4.69, 9.17) is 16.3 Å². The molecule has 0 fully saturated rings. The second-order valence-electron chi connectivity index (χ2n) is 4.62. The van der Waals surface area contributed by atoms with Crippen molar-refractivity contribution in [3.8, 4) is 5.75 Å². The highest BCUT2D eigenvalue weighted by atomic mass is 79.9. The number of nitrogens with zero attached hydrogens (tertiary/aromatic N) is 1. The first-order valence-electron chi connectivity index (χ1n) is 6.41. The molecule has 0 saturated heterocycles. The number of ether oxygens (including phenoxy) is 1. The van der Waals surface area contributed by atoms with Crippen LogP contribution in [0.1, 0.15) is 5.56 Å². The highest BCUT2D eigenvalue weighted by molar-refractivity contribution is 9.10. The van der Waals surface area contributed by atoms with Crippen LogP contribution in [0.3, 0.4) is 0 Å². The maximum absolute atomic E-state index is 12.0. The zero-order valence-electron chi connectivity index (χ0n) is 11.6.